The van der Waals surface area contributed by atoms with E-state index in [1.165, 1.54) is 16.0 Å². The summed E-state index contributed by atoms with van der Waals surface area (Å²) in [7, 11) is 0. The van der Waals surface area contributed by atoms with Crippen LogP contribution in [-0.2, 0) is 14.4 Å². The minimum absolute atomic E-state index is 0.117. The second-order valence-corrected chi connectivity index (χ2v) is 7.82. The maximum Gasteiger partial charge on any atom is 0.233 e. The minimum atomic E-state index is -0.234. The van der Waals surface area contributed by atoms with Crippen LogP contribution in [0.4, 0.5) is 0 Å². The van der Waals surface area contributed by atoms with Crippen molar-refractivity contribution in [2.75, 3.05) is 6.54 Å². The summed E-state index contributed by atoms with van der Waals surface area (Å²) in [5.74, 6) is -0.862. The predicted molar refractivity (Wildman–Crippen MR) is 104 cm³/mol. The summed E-state index contributed by atoms with van der Waals surface area (Å²) in [5.41, 5.74) is 4.67. The zero-order valence-electron chi connectivity index (χ0n) is 16.5. The van der Waals surface area contributed by atoms with Crippen LogP contribution in [0.5, 0.6) is 0 Å². The molecule has 2 aliphatic rings. The molecule has 1 saturated heterocycles. The van der Waals surface area contributed by atoms with E-state index in [1.54, 1.807) is 0 Å². The van der Waals surface area contributed by atoms with E-state index in [1.807, 2.05) is 26.0 Å². The highest BCUT2D eigenvalue weighted by Crippen LogP contribution is 2.35. The van der Waals surface area contributed by atoms with E-state index in [9.17, 15) is 14.4 Å². The molecule has 3 amide bonds. The van der Waals surface area contributed by atoms with Gasteiger partial charge in [0, 0.05) is 13.0 Å². The molecule has 1 aliphatic carbocycles. The van der Waals surface area contributed by atoms with Gasteiger partial charge < -0.3 is 5.32 Å². The molecule has 5 heteroatoms. The molecule has 0 radical (unpaired) electrons. The van der Waals surface area contributed by atoms with Crippen molar-refractivity contribution >= 4 is 17.7 Å². The lowest BCUT2D eigenvalue weighted by Crippen LogP contribution is -2.36. The summed E-state index contributed by atoms with van der Waals surface area (Å²) in [6.45, 7) is 8.30. The van der Waals surface area contributed by atoms with E-state index in [0.717, 1.165) is 11.1 Å². The molecule has 1 fully saturated rings. The average molecular weight is 368 g/mol. The van der Waals surface area contributed by atoms with E-state index < -0.39 is 0 Å². The predicted octanol–water partition coefficient (Wildman–Crippen LogP) is 3.13. The molecule has 3 atom stereocenters. The summed E-state index contributed by atoms with van der Waals surface area (Å²) in [5, 5.41) is 3.00. The van der Waals surface area contributed by atoms with Gasteiger partial charge in [0.05, 0.1) is 17.9 Å². The highest BCUT2D eigenvalue weighted by molar-refractivity contribution is 6.05. The summed E-state index contributed by atoms with van der Waals surface area (Å²) in [6, 6.07) is 4.12. The SMILES string of the molecule is Cc1cc(C)c([C@@H](C)NC(=O)CCN2C(=O)[C@H]3CC=CC[C@H]3C2=O)cc1C. The molecule has 1 heterocycles. The molecule has 3 rings (SSSR count). The third-order valence-electron chi connectivity index (χ3n) is 5.89. The normalized spacial score (nSPS) is 22.7. The van der Waals surface area contributed by atoms with Crippen LogP contribution >= 0.6 is 0 Å². The van der Waals surface area contributed by atoms with Gasteiger partial charge in [-0.1, -0.05) is 24.3 Å². The number of carbonyl (C=O) groups excluding carboxylic acids is 3. The smallest absolute Gasteiger partial charge is 0.233 e. The van der Waals surface area contributed by atoms with Crippen molar-refractivity contribution in [3.8, 4) is 0 Å². The number of nitrogens with zero attached hydrogens (tertiary/aromatic N) is 1. The third kappa shape index (κ3) is 3.82. The number of hydrogen-bond donors (Lipinski definition) is 1. The van der Waals surface area contributed by atoms with Crippen molar-refractivity contribution in [3.63, 3.8) is 0 Å². The number of amides is 3. The van der Waals surface area contributed by atoms with Gasteiger partial charge in [-0.15, -0.1) is 0 Å². The van der Waals surface area contributed by atoms with E-state index in [-0.39, 0.29) is 48.6 Å². The highest BCUT2D eigenvalue weighted by Gasteiger charge is 2.46. The van der Waals surface area contributed by atoms with Gasteiger partial charge in [0.1, 0.15) is 0 Å². The summed E-state index contributed by atoms with van der Waals surface area (Å²) < 4.78 is 0. The summed E-state index contributed by atoms with van der Waals surface area (Å²) in [6.07, 6.45) is 5.33. The van der Waals surface area contributed by atoms with Crippen LogP contribution in [0.15, 0.2) is 24.3 Å². The van der Waals surface area contributed by atoms with Gasteiger partial charge >= 0.3 is 0 Å². The Bertz CT molecular complexity index is 786. The minimum Gasteiger partial charge on any atom is -0.350 e. The van der Waals surface area contributed by atoms with Crippen molar-refractivity contribution < 1.29 is 14.4 Å². The molecule has 27 heavy (non-hydrogen) atoms. The number of aryl methyl sites for hydroxylation is 3. The molecular formula is C22H28N2O3. The van der Waals surface area contributed by atoms with E-state index in [0.29, 0.717) is 12.8 Å². The molecule has 0 saturated carbocycles. The zero-order chi connectivity index (χ0) is 19.7. The third-order valence-corrected chi connectivity index (χ3v) is 5.89. The quantitative estimate of drug-likeness (QED) is 0.641. The average Bonchev–Trinajstić information content (AvgIpc) is 2.87. The maximum absolute atomic E-state index is 12.5. The Morgan fingerprint density at radius 1 is 1.04 bits per heavy atom. The van der Waals surface area contributed by atoms with Crippen LogP contribution in [-0.4, -0.2) is 29.2 Å². The van der Waals surface area contributed by atoms with Crippen molar-refractivity contribution in [2.45, 2.75) is 53.0 Å². The molecule has 1 aliphatic heterocycles. The van der Waals surface area contributed by atoms with Gasteiger partial charge in [0.2, 0.25) is 17.7 Å². The number of imide groups is 1. The van der Waals surface area contributed by atoms with Gasteiger partial charge in [-0.25, -0.2) is 0 Å². The molecule has 5 nitrogen and oxygen atoms in total. The van der Waals surface area contributed by atoms with Crippen molar-refractivity contribution in [1.29, 1.82) is 0 Å². The summed E-state index contributed by atoms with van der Waals surface area (Å²) in [4.78, 5) is 38.6. The van der Waals surface area contributed by atoms with E-state index in [4.69, 9.17) is 0 Å². The molecule has 0 bridgehead atoms. The number of carbonyl (C=O) groups is 3. The number of rotatable bonds is 5. The molecular weight excluding hydrogens is 340 g/mol. The topological polar surface area (TPSA) is 66.5 Å². The van der Waals surface area contributed by atoms with E-state index in [2.05, 4.69) is 31.3 Å². The first-order chi connectivity index (χ1) is 12.8. The fraction of sp³-hybridized carbons (Fsp3) is 0.500. The lowest BCUT2D eigenvalue weighted by Gasteiger charge is -2.19. The number of nitrogens with one attached hydrogen (secondary N) is 1. The first-order valence-electron chi connectivity index (χ1n) is 9.67. The van der Waals surface area contributed by atoms with Gasteiger partial charge in [0.15, 0.2) is 0 Å². The first kappa shape index (κ1) is 19.3. The number of benzene rings is 1. The second kappa shape index (κ2) is 7.67. The largest absolute Gasteiger partial charge is 0.350 e. The van der Waals surface area contributed by atoms with E-state index >= 15 is 0 Å². The van der Waals surface area contributed by atoms with Gasteiger partial charge in [-0.3, -0.25) is 19.3 Å². The Kier molecular flexibility index (Phi) is 5.49. The Labute approximate surface area is 160 Å². The Morgan fingerprint density at radius 2 is 1.59 bits per heavy atom. The number of allylic oxidation sites excluding steroid dienone is 2. The number of hydrogen-bond acceptors (Lipinski definition) is 3. The fourth-order valence-electron chi connectivity index (χ4n) is 4.14. The Hall–Kier alpha value is -2.43. The highest BCUT2D eigenvalue weighted by atomic mass is 16.2. The van der Waals surface area contributed by atoms with Crippen molar-refractivity contribution in [3.05, 3.63) is 46.5 Å². The van der Waals surface area contributed by atoms with Gasteiger partial charge in [-0.2, -0.15) is 0 Å². The molecule has 1 N–H and O–H groups in total. The molecule has 0 unspecified atom stereocenters. The van der Waals surface area contributed by atoms with Crippen LogP contribution in [0, 0.1) is 32.6 Å². The fourth-order valence-corrected chi connectivity index (χ4v) is 4.14. The van der Waals surface area contributed by atoms with Crippen LogP contribution in [0.3, 0.4) is 0 Å². The first-order valence-corrected chi connectivity index (χ1v) is 9.67. The van der Waals surface area contributed by atoms with Crippen LogP contribution in [0.1, 0.15) is 54.5 Å². The number of fused-ring (bicyclic) bond motifs is 1. The Balaban J connectivity index is 1.58. The van der Waals surface area contributed by atoms with Crippen molar-refractivity contribution in [1.82, 2.24) is 10.2 Å². The Morgan fingerprint density at radius 3 is 2.19 bits per heavy atom. The standard InChI is InChI=1S/C22H28N2O3/c1-13-11-15(3)19(12-14(13)2)16(4)23-20(25)9-10-24-21(26)17-7-5-6-8-18(17)22(24)27/h5-6,11-12,16-18H,7-10H2,1-4H3,(H,23,25)/t16-,17-,18+/m1/s1. The summed E-state index contributed by atoms with van der Waals surface area (Å²) >= 11 is 0. The van der Waals surface area contributed by atoms with Crippen LogP contribution < -0.4 is 5.32 Å². The lowest BCUT2D eigenvalue weighted by atomic mass is 9.85. The van der Waals surface area contributed by atoms with Gasteiger partial charge in [-0.05, 0) is 62.8 Å². The lowest BCUT2D eigenvalue weighted by molar-refractivity contribution is -0.140. The monoisotopic (exact) mass is 368 g/mol. The maximum atomic E-state index is 12.5. The molecule has 1 aromatic rings. The zero-order valence-corrected chi connectivity index (χ0v) is 16.5. The molecule has 0 aromatic heterocycles. The molecule has 0 spiro atoms. The van der Waals surface area contributed by atoms with Gasteiger partial charge in [0.25, 0.3) is 0 Å². The second-order valence-electron chi connectivity index (χ2n) is 7.82. The molecule has 1 aromatic carbocycles. The number of likely N-dealkylation sites (tertiary alicyclic amines) is 1. The van der Waals surface area contributed by atoms with Crippen LogP contribution in [0.2, 0.25) is 0 Å². The van der Waals surface area contributed by atoms with Crippen LogP contribution in [0.25, 0.3) is 0 Å². The molecule has 144 valence electrons. The van der Waals surface area contributed by atoms with Crippen molar-refractivity contribution in [2.24, 2.45) is 11.8 Å².